The number of hydrogen-bond donors (Lipinski definition) is 3. The highest BCUT2D eigenvalue weighted by molar-refractivity contribution is 5.85. The smallest absolute Gasteiger partial charge is 0.194 e. The number of nitrogen functional groups attached to an aromatic ring is 2. The number of hydrogen-bond acceptors (Lipinski definition) is 4. The molecule has 14 heavy (non-hydrogen) atoms. The molecule has 1 aromatic rings. The van der Waals surface area contributed by atoms with Crippen LogP contribution in [0.4, 0.5) is 11.4 Å². The van der Waals surface area contributed by atoms with Crippen molar-refractivity contribution in [1.82, 2.24) is 0 Å². The summed E-state index contributed by atoms with van der Waals surface area (Å²) in [5.41, 5.74) is 12.0. The van der Waals surface area contributed by atoms with Crippen LogP contribution in [-0.2, 0) is 0 Å². The molecule has 0 amide bonds. The number of halogens is 2. The average molecular weight is 241 g/mol. The van der Waals surface area contributed by atoms with Gasteiger partial charge in [0.05, 0.1) is 5.69 Å². The minimum atomic E-state index is -0.865. The van der Waals surface area contributed by atoms with Crippen LogP contribution >= 0.6 is 24.8 Å². The highest BCUT2D eigenvalue weighted by atomic mass is 35.5. The van der Waals surface area contributed by atoms with E-state index in [-0.39, 0.29) is 24.8 Å². The molecule has 0 spiro atoms. The van der Waals surface area contributed by atoms with Gasteiger partial charge in [0.2, 0.25) is 0 Å². The van der Waals surface area contributed by atoms with Crippen LogP contribution in [0.3, 0.4) is 0 Å². The van der Waals surface area contributed by atoms with Gasteiger partial charge in [0.25, 0.3) is 0 Å². The number of aliphatic hydroxyl groups is 1. The van der Waals surface area contributed by atoms with Gasteiger partial charge in [0.15, 0.2) is 6.29 Å². The molecule has 1 unspecified atom stereocenters. The van der Waals surface area contributed by atoms with Crippen LogP contribution < -0.4 is 16.2 Å². The molecule has 0 fully saturated rings. The number of aliphatic hydroxyl groups excluding tert-OH is 1. The van der Waals surface area contributed by atoms with Gasteiger partial charge >= 0.3 is 0 Å². The summed E-state index contributed by atoms with van der Waals surface area (Å²) in [6, 6.07) is 4.86. The topological polar surface area (TPSA) is 81.5 Å². The first-order valence-electron chi connectivity index (χ1n) is 3.59. The highest BCUT2D eigenvalue weighted by Gasteiger charge is 2.02. The molecule has 0 aliphatic rings. The van der Waals surface area contributed by atoms with Crippen molar-refractivity contribution in [3.63, 3.8) is 0 Å². The van der Waals surface area contributed by atoms with Crippen LogP contribution in [0, 0.1) is 0 Å². The molecular formula is C8H14Cl2N2O2. The lowest BCUT2D eigenvalue weighted by atomic mass is 10.2. The van der Waals surface area contributed by atoms with E-state index in [0.717, 1.165) is 0 Å². The Hall–Kier alpha value is -0.840. The van der Waals surface area contributed by atoms with Crippen molar-refractivity contribution in [2.75, 3.05) is 11.5 Å². The van der Waals surface area contributed by atoms with Crippen LogP contribution in [0.1, 0.15) is 6.92 Å². The van der Waals surface area contributed by atoms with Gasteiger partial charge in [-0.1, -0.05) is 0 Å². The highest BCUT2D eigenvalue weighted by Crippen LogP contribution is 2.23. The lowest BCUT2D eigenvalue weighted by Gasteiger charge is -2.10. The molecule has 0 bridgehead atoms. The zero-order chi connectivity index (χ0) is 9.14. The van der Waals surface area contributed by atoms with Gasteiger partial charge in [0.1, 0.15) is 5.75 Å². The van der Waals surface area contributed by atoms with Crippen molar-refractivity contribution >= 4 is 36.2 Å². The molecule has 0 aliphatic carbocycles. The van der Waals surface area contributed by atoms with E-state index < -0.39 is 6.29 Å². The lowest BCUT2D eigenvalue weighted by Crippen LogP contribution is -2.10. The Labute approximate surface area is 95.1 Å². The van der Waals surface area contributed by atoms with E-state index in [2.05, 4.69) is 0 Å². The first kappa shape index (κ1) is 15.6. The third kappa shape index (κ3) is 4.41. The van der Waals surface area contributed by atoms with Gasteiger partial charge in [0, 0.05) is 5.69 Å². The average Bonchev–Trinajstić information content (AvgIpc) is 1.94. The predicted molar refractivity (Wildman–Crippen MR) is 62.1 cm³/mol. The van der Waals surface area contributed by atoms with E-state index in [1.807, 2.05) is 0 Å². The monoisotopic (exact) mass is 240 g/mol. The van der Waals surface area contributed by atoms with Crippen LogP contribution in [-0.4, -0.2) is 11.4 Å². The van der Waals surface area contributed by atoms with Crippen molar-refractivity contribution < 1.29 is 9.84 Å². The number of ether oxygens (including phenoxy) is 1. The minimum absolute atomic E-state index is 0. The van der Waals surface area contributed by atoms with Crippen molar-refractivity contribution in [3.05, 3.63) is 18.2 Å². The second-order valence-electron chi connectivity index (χ2n) is 2.51. The molecule has 0 radical (unpaired) electrons. The fourth-order valence-corrected chi connectivity index (χ4v) is 0.858. The first-order valence-corrected chi connectivity index (χ1v) is 3.59. The van der Waals surface area contributed by atoms with Gasteiger partial charge < -0.3 is 21.3 Å². The van der Waals surface area contributed by atoms with Crippen LogP contribution in [0.2, 0.25) is 0 Å². The Balaban J connectivity index is 0. The fraction of sp³-hybridized carbons (Fsp3) is 0.250. The molecule has 0 saturated carbocycles. The number of rotatable bonds is 2. The van der Waals surface area contributed by atoms with E-state index in [9.17, 15) is 0 Å². The number of nitrogens with two attached hydrogens (primary N) is 2. The molecular weight excluding hydrogens is 227 g/mol. The lowest BCUT2D eigenvalue weighted by molar-refractivity contribution is 0.000283. The number of anilines is 2. The SMILES string of the molecule is CC(O)Oc1ccc(N)cc1N.Cl.Cl. The summed E-state index contributed by atoms with van der Waals surface area (Å²) in [5, 5.41) is 8.89. The third-order valence-electron chi connectivity index (χ3n) is 1.33. The Morgan fingerprint density at radius 1 is 1.29 bits per heavy atom. The van der Waals surface area contributed by atoms with Crippen LogP contribution in [0.15, 0.2) is 18.2 Å². The third-order valence-corrected chi connectivity index (χ3v) is 1.33. The Bertz CT molecular complexity index is 282. The second-order valence-corrected chi connectivity index (χ2v) is 2.51. The molecule has 5 N–H and O–H groups in total. The number of benzene rings is 1. The van der Waals surface area contributed by atoms with Gasteiger partial charge in [-0.15, -0.1) is 24.8 Å². The van der Waals surface area contributed by atoms with Crippen molar-refractivity contribution in [3.8, 4) is 5.75 Å². The molecule has 1 atom stereocenters. The maximum absolute atomic E-state index is 8.89. The summed E-state index contributed by atoms with van der Waals surface area (Å²) in [4.78, 5) is 0. The van der Waals surface area contributed by atoms with Crippen molar-refractivity contribution in [1.29, 1.82) is 0 Å². The van der Waals surface area contributed by atoms with E-state index in [4.69, 9.17) is 21.3 Å². The Kier molecular flexibility index (Phi) is 7.35. The maximum Gasteiger partial charge on any atom is 0.194 e. The van der Waals surface area contributed by atoms with Crippen LogP contribution in [0.25, 0.3) is 0 Å². The molecule has 1 aromatic carbocycles. The largest absolute Gasteiger partial charge is 0.463 e. The summed E-state index contributed by atoms with van der Waals surface area (Å²) in [6.07, 6.45) is -0.865. The zero-order valence-corrected chi connectivity index (χ0v) is 9.27. The van der Waals surface area contributed by atoms with Crippen molar-refractivity contribution in [2.24, 2.45) is 0 Å². The van der Waals surface area contributed by atoms with Gasteiger partial charge in [-0.05, 0) is 25.1 Å². The van der Waals surface area contributed by atoms with Gasteiger partial charge in [-0.3, -0.25) is 0 Å². The zero-order valence-electron chi connectivity index (χ0n) is 7.64. The molecule has 0 saturated heterocycles. The standard InChI is InChI=1S/C8H12N2O2.2ClH/c1-5(11)12-8-3-2-6(9)4-7(8)10;;/h2-5,11H,9-10H2,1H3;2*1H. The fourth-order valence-electron chi connectivity index (χ4n) is 0.858. The molecule has 0 heterocycles. The summed E-state index contributed by atoms with van der Waals surface area (Å²) in [7, 11) is 0. The first-order chi connectivity index (χ1) is 5.59. The molecule has 6 heteroatoms. The van der Waals surface area contributed by atoms with Crippen molar-refractivity contribution in [2.45, 2.75) is 13.2 Å². The molecule has 82 valence electrons. The Morgan fingerprint density at radius 2 is 1.86 bits per heavy atom. The molecule has 0 aliphatic heterocycles. The summed E-state index contributed by atoms with van der Waals surface area (Å²) >= 11 is 0. The quantitative estimate of drug-likeness (QED) is 0.540. The summed E-state index contributed by atoms with van der Waals surface area (Å²) in [5.74, 6) is 0.444. The minimum Gasteiger partial charge on any atom is -0.463 e. The predicted octanol–water partition coefficient (Wildman–Crippen LogP) is 1.41. The maximum atomic E-state index is 8.89. The van der Waals surface area contributed by atoms with E-state index >= 15 is 0 Å². The normalized spacial score (nSPS) is 10.7. The van der Waals surface area contributed by atoms with E-state index in [0.29, 0.717) is 17.1 Å². The van der Waals surface area contributed by atoms with Crippen LogP contribution in [0.5, 0.6) is 5.75 Å². The Morgan fingerprint density at radius 3 is 2.29 bits per heavy atom. The van der Waals surface area contributed by atoms with Gasteiger partial charge in [-0.25, -0.2) is 0 Å². The summed E-state index contributed by atoms with van der Waals surface area (Å²) in [6.45, 7) is 1.51. The molecule has 1 rings (SSSR count). The second kappa shape index (κ2) is 6.59. The molecule has 4 nitrogen and oxygen atoms in total. The molecule has 0 aromatic heterocycles. The summed E-state index contributed by atoms with van der Waals surface area (Å²) < 4.78 is 4.97. The van der Waals surface area contributed by atoms with Gasteiger partial charge in [-0.2, -0.15) is 0 Å². The van der Waals surface area contributed by atoms with E-state index in [1.165, 1.54) is 6.92 Å². The van der Waals surface area contributed by atoms with E-state index in [1.54, 1.807) is 18.2 Å².